The van der Waals surface area contributed by atoms with Crippen LogP contribution in [0.25, 0.3) is 5.69 Å². The number of benzene rings is 1. The average molecular weight is 432 g/mol. The van der Waals surface area contributed by atoms with Gasteiger partial charge in [0.25, 0.3) is 5.95 Å². The Morgan fingerprint density at radius 2 is 1.86 bits per heavy atom. The molecule has 4 aromatic rings. The summed E-state index contributed by atoms with van der Waals surface area (Å²) in [6.45, 7) is 0.254. The van der Waals surface area contributed by atoms with Gasteiger partial charge in [-0.3, -0.25) is 0 Å². The van der Waals surface area contributed by atoms with Gasteiger partial charge in [-0.1, -0.05) is 40.4 Å². The molecule has 4 rings (SSSR count). The maximum Gasteiger partial charge on any atom is 0.255 e. The van der Waals surface area contributed by atoms with E-state index in [0.29, 0.717) is 27.2 Å². The van der Waals surface area contributed by atoms with E-state index in [4.69, 9.17) is 27.9 Å². The summed E-state index contributed by atoms with van der Waals surface area (Å²) in [7, 11) is 0. The van der Waals surface area contributed by atoms with Crippen molar-refractivity contribution < 1.29 is 9.13 Å². The lowest BCUT2D eigenvalue weighted by Gasteiger charge is -2.12. The van der Waals surface area contributed by atoms with E-state index in [1.165, 1.54) is 16.9 Å². The van der Waals surface area contributed by atoms with Gasteiger partial charge >= 0.3 is 0 Å². The summed E-state index contributed by atoms with van der Waals surface area (Å²) >= 11 is 12.3. The number of halogens is 3. The Kier molecular flexibility index (Phi) is 5.50. The molecular weight excluding hydrogens is 420 g/mol. The minimum Gasteiger partial charge on any atom is -0.434 e. The average Bonchev–Trinajstić information content (AvgIpc) is 3.19. The third-order valence-electron chi connectivity index (χ3n) is 3.85. The standard InChI is InChI=1S/C18H12Cl2FN7O/c19-12-5-1-6-13(15(12)20)28-18(25-26-27-28)24-10-11-4-2-9-23-17(11)29-14-7-3-8-22-16(14)21/h1-9H,10H2,(H,24,25,27). The third kappa shape index (κ3) is 4.10. The van der Waals surface area contributed by atoms with Crippen LogP contribution in [0.1, 0.15) is 5.56 Å². The molecule has 0 saturated carbocycles. The van der Waals surface area contributed by atoms with E-state index in [2.05, 4.69) is 30.8 Å². The number of anilines is 1. The van der Waals surface area contributed by atoms with Gasteiger partial charge in [-0.2, -0.15) is 9.07 Å². The zero-order valence-electron chi connectivity index (χ0n) is 14.6. The number of tetrazole rings is 1. The number of rotatable bonds is 6. The highest BCUT2D eigenvalue weighted by atomic mass is 35.5. The Labute approximate surface area is 174 Å². The van der Waals surface area contributed by atoms with Crippen LogP contribution in [0.15, 0.2) is 54.9 Å². The predicted octanol–water partition coefficient (Wildman–Crippen LogP) is 4.30. The van der Waals surface area contributed by atoms with E-state index in [-0.39, 0.29) is 18.2 Å². The molecule has 146 valence electrons. The van der Waals surface area contributed by atoms with Crippen LogP contribution in [-0.4, -0.2) is 30.2 Å². The van der Waals surface area contributed by atoms with Gasteiger partial charge in [0.05, 0.1) is 15.7 Å². The number of nitrogens with zero attached hydrogens (tertiary/aromatic N) is 6. The van der Waals surface area contributed by atoms with Crippen LogP contribution in [0.4, 0.5) is 10.3 Å². The highest BCUT2D eigenvalue weighted by Crippen LogP contribution is 2.29. The van der Waals surface area contributed by atoms with Crippen LogP contribution >= 0.6 is 23.2 Å². The number of hydrogen-bond acceptors (Lipinski definition) is 7. The molecule has 0 atom stereocenters. The van der Waals surface area contributed by atoms with Gasteiger partial charge in [-0.15, -0.1) is 0 Å². The lowest BCUT2D eigenvalue weighted by Crippen LogP contribution is -2.09. The van der Waals surface area contributed by atoms with Gasteiger partial charge < -0.3 is 10.1 Å². The van der Waals surface area contributed by atoms with Gasteiger partial charge in [-0.25, -0.2) is 9.97 Å². The first kappa shape index (κ1) is 19.0. The van der Waals surface area contributed by atoms with Crippen molar-refractivity contribution in [1.82, 2.24) is 30.2 Å². The van der Waals surface area contributed by atoms with E-state index in [0.717, 1.165) is 0 Å². The van der Waals surface area contributed by atoms with Crippen LogP contribution in [-0.2, 0) is 6.54 Å². The van der Waals surface area contributed by atoms with Crippen molar-refractivity contribution in [2.24, 2.45) is 0 Å². The monoisotopic (exact) mass is 431 g/mol. The maximum absolute atomic E-state index is 13.8. The number of aromatic nitrogens is 6. The Hall–Kier alpha value is -3.30. The summed E-state index contributed by atoms with van der Waals surface area (Å²) in [6.07, 6.45) is 2.88. The molecule has 0 amide bonds. The van der Waals surface area contributed by atoms with E-state index < -0.39 is 5.95 Å². The summed E-state index contributed by atoms with van der Waals surface area (Å²) < 4.78 is 20.8. The van der Waals surface area contributed by atoms with Crippen LogP contribution in [0.5, 0.6) is 11.6 Å². The van der Waals surface area contributed by atoms with Crippen LogP contribution in [0.2, 0.25) is 10.0 Å². The van der Waals surface area contributed by atoms with E-state index in [1.807, 2.05) is 0 Å². The summed E-state index contributed by atoms with van der Waals surface area (Å²) in [5, 5.41) is 15.4. The van der Waals surface area contributed by atoms with Crippen LogP contribution < -0.4 is 10.1 Å². The third-order valence-corrected chi connectivity index (χ3v) is 4.66. The molecule has 0 fully saturated rings. The van der Waals surface area contributed by atoms with Crippen molar-refractivity contribution in [3.63, 3.8) is 0 Å². The molecule has 3 heterocycles. The number of nitrogens with one attached hydrogen (secondary N) is 1. The quantitative estimate of drug-likeness (QED) is 0.455. The highest BCUT2D eigenvalue weighted by Gasteiger charge is 2.15. The first-order valence-electron chi connectivity index (χ1n) is 8.32. The largest absolute Gasteiger partial charge is 0.434 e. The van der Waals surface area contributed by atoms with Crippen molar-refractivity contribution in [3.05, 3.63) is 76.4 Å². The summed E-state index contributed by atoms with van der Waals surface area (Å²) in [5.74, 6) is -0.192. The van der Waals surface area contributed by atoms with E-state index >= 15 is 0 Å². The Bertz CT molecular complexity index is 1150. The van der Waals surface area contributed by atoms with E-state index in [1.54, 1.807) is 42.6 Å². The zero-order chi connectivity index (χ0) is 20.2. The second-order valence-corrected chi connectivity index (χ2v) is 6.49. The molecule has 11 heteroatoms. The molecule has 0 saturated heterocycles. The molecule has 0 unspecified atom stereocenters. The van der Waals surface area contributed by atoms with Crippen LogP contribution in [0.3, 0.4) is 0 Å². The Balaban J connectivity index is 1.56. The van der Waals surface area contributed by atoms with Crippen LogP contribution in [0, 0.1) is 5.95 Å². The molecule has 0 spiro atoms. The Morgan fingerprint density at radius 1 is 1.03 bits per heavy atom. The minimum absolute atomic E-state index is 0.0250. The van der Waals surface area contributed by atoms with Crippen molar-refractivity contribution >= 4 is 29.2 Å². The van der Waals surface area contributed by atoms with Gasteiger partial charge in [0.1, 0.15) is 0 Å². The summed E-state index contributed by atoms with van der Waals surface area (Å²) in [4.78, 5) is 7.73. The SMILES string of the molecule is Fc1ncccc1Oc1ncccc1CNc1nnnn1-c1cccc(Cl)c1Cl. The maximum atomic E-state index is 13.8. The Morgan fingerprint density at radius 3 is 2.72 bits per heavy atom. The molecule has 1 aromatic carbocycles. The molecule has 29 heavy (non-hydrogen) atoms. The number of pyridine rings is 2. The molecule has 8 nitrogen and oxygen atoms in total. The highest BCUT2D eigenvalue weighted by molar-refractivity contribution is 6.43. The summed E-state index contributed by atoms with van der Waals surface area (Å²) in [6, 6.07) is 11.7. The fraction of sp³-hybridized carbons (Fsp3) is 0.0556. The number of hydrogen-bond donors (Lipinski definition) is 1. The second-order valence-electron chi connectivity index (χ2n) is 5.70. The minimum atomic E-state index is -0.725. The fourth-order valence-corrected chi connectivity index (χ4v) is 2.87. The van der Waals surface area contributed by atoms with Crippen molar-refractivity contribution in [1.29, 1.82) is 0 Å². The lowest BCUT2D eigenvalue weighted by atomic mass is 10.2. The fourth-order valence-electron chi connectivity index (χ4n) is 2.49. The number of ether oxygens (including phenoxy) is 1. The molecule has 0 aliphatic carbocycles. The topological polar surface area (TPSA) is 90.6 Å². The molecular formula is C18H12Cl2FN7O. The zero-order valence-corrected chi connectivity index (χ0v) is 16.1. The smallest absolute Gasteiger partial charge is 0.255 e. The molecule has 0 aliphatic rings. The van der Waals surface area contributed by atoms with Crippen molar-refractivity contribution in [2.75, 3.05) is 5.32 Å². The molecule has 0 bridgehead atoms. The summed E-state index contributed by atoms with van der Waals surface area (Å²) in [5.41, 5.74) is 1.18. The predicted molar refractivity (Wildman–Crippen MR) is 105 cm³/mol. The van der Waals surface area contributed by atoms with Gasteiger partial charge in [0, 0.05) is 24.5 Å². The van der Waals surface area contributed by atoms with Gasteiger partial charge in [0.2, 0.25) is 11.8 Å². The van der Waals surface area contributed by atoms with Crippen molar-refractivity contribution in [3.8, 4) is 17.3 Å². The first-order valence-corrected chi connectivity index (χ1v) is 9.08. The van der Waals surface area contributed by atoms with Gasteiger partial charge in [0.15, 0.2) is 5.75 Å². The molecule has 0 radical (unpaired) electrons. The first-order chi connectivity index (χ1) is 14.1. The van der Waals surface area contributed by atoms with E-state index in [9.17, 15) is 4.39 Å². The van der Waals surface area contributed by atoms with Crippen molar-refractivity contribution in [2.45, 2.75) is 6.54 Å². The molecule has 1 N–H and O–H groups in total. The normalized spacial score (nSPS) is 10.7. The lowest BCUT2D eigenvalue weighted by molar-refractivity contribution is 0.412. The molecule has 3 aromatic heterocycles. The molecule has 0 aliphatic heterocycles. The second kappa shape index (κ2) is 8.38. The van der Waals surface area contributed by atoms with Gasteiger partial charge in [-0.05, 0) is 40.8 Å².